The average Bonchev–Trinajstić information content (AvgIpc) is 2.61. The minimum absolute atomic E-state index is 0.0553. The zero-order chi connectivity index (χ0) is 20.0. The second kappa shape index (κ2) is 8.92. The van der Waals surface area contributed by atoms with Crippen molar-refractivity contribution in [1.29, 1.82) is 0 Å². The van der Waals surface area contributed by atoms with Gasteiger partial charge in [0.25, 0.3) is 0 Å². The van der Waals surface area contributed by atoms with E-state index >= 15 is 0 Å². The highest BCUT2D eigenvalue weighted by molar-refractivity contribution is 7.91. The molecule has 0 heterocycles. The van der Waals surface area contributed by atoms with E-state index in [2.05, 4.69) is 5.32 Å². The molecule has 0 atom stereocenters. The Morgan fingerprint density at radius 2 is 1.89 bits per heavy atom. The number of carbonyl (C=O) groups excluding carboxylic acids is 1. The summed E-state index contributed by atoms with van der Waals surface area (Å²) in [6.07, 6.45) is 0. The molecule has 27 heavy (non-hydrogen) atoms. The summed E-state index contributed by atoms with van der Waals surface area (Å²) in [5.41, 5.74) is 0.753. The molecule has 0 aromatic heterocycles. The van der Waals surface area contributed by atoms with Crippen LogP contribution in [-0.4, -0.2) is 45.7 Å². The van der Waals surface area contributed by atoms with Crippen LogP contribution < -0.4 is 10.1 Å². The van der Waals surface area contributed by atoms with E-state index in [1.54, 1.807) is 25.1 Å². The van der Waals surface area contributed by atoms with E-state index < -0.39 is 26.4 Å². The van der Waals surface area contributed by atoms with Crippen molar-refractivity contribution >= 4 is 21.4 Å². The summed E-state index contributed by atoms with van der Waals surface area (Å²) in [7, 11) is -1.55. The first-order valence-corrected chi connectivity index (χ1v) is 9.51. The number of benzene rings is 2. The van der Waals surface area contributed by atoms with Crippen LogP contribution in [0.1, 0.15) is 5.56 Å². The highest BCUT2D eigenvalue weighted by atomic mass is 32.2. The largest absolute Gasteiger partial charge is 0.497 e. The molecule has 0 aliphatic rings. The van der Waals surface area contributed by atoms with Crippen molar-refractivity contribution in [2.24, 2.45) is 0 Å². The van der Waals surface area contributed by atoms with Gasteiger partial charge in [-0.2, -0.15) is 8.78 Å². The molecule has 146 valence electrons. The zero-order valence-corrected chi connectivity index (χ0v) is 15.7. The van der Waals surface area contributed by atoms with E-state index in [9.17, 15) is 22.0 Å². The molecule has 1 amide bonds. The SMILES string of the molecule is COc1cccc(CN(C)CC(=O)Nc2ccccc2S(=O)(=O)C(F)F)c1. The Morgan fingerprint density at radius 1 is 1.19 bits per heavy atom. The van der Waals surface area contributed by atoms with E-state index in [1.165, 1.54) is 18.2 Å². The number of nitrogens with one attached hydrogen (secondary N) is 1. The van der Waals surface area contributed by atoms with Crippen LogP contribution in [0.3, 0.4) is 0 Å². The molecule has 0 bridgehead atoms. The van der Waals surface area contributed by atoms with Crippen molar-refractivity contribution in [2.75, 3.05) is 26.0 Å². The van der Waals surface area contributed by atoms with E-state index in [4.69, 9.17) is 4.74 Å². The van der Waals surface area contributed by atoms with Gasteiger partial charge in [0.15, 0.2) is 0 Å². The summed E-state index contributed by atoms with van der Waals surface area (Å²) in [6, 6.07) is 12.4. The number of ether oxygens (including phenoxy) is 1. The lowest BCUT2D eigenvalue weighted by Gasteiger charge is -2.17. The molecule has 0 aliphatic carbocycles. The Kier molecular flexibility index (Phi) is 6.86. The molecule has 0 spiro atoms. The lowest BCUT2D eigenvalue weighted by molar-refractivity contribution is -0.117. The topological polar surface area (TPSA) is 75.7 Å². The monoisotopic (exact) mass is 398 g/mol. The summed E-state index contributed by atoms with van der Waals surface area (Å²) < 4.78 is 54.2. The van der Waals surface area contributed by atoms with Gasteiger partial charge in [0.2, 0.25) is 15.7 Å². The lowest BCUT2D eigenvalue weighted by Crippen LogP contribution is -2.30. The molecule has 9 heteroatoms. The van der Waals surface area contributed by atoms with E-state index in [0.717, 1.165) is 11.6 Å². The third-order valence-corrected chi connectivity index (χ3v) is 5.14. The standard InChI is InChI=1S/C18H20F2N2O4S/c1-22(11-13-6-5-7-14(10-13)26-2)12-17(23)21-15-8-3-4-9-16(15)27(24,25)18(19)20/h3-10,18H,11-12H2,1-2H3,(H,21,23). The quantitative estimate of drug-likeness (QED) is 0.740. The Balaban J connectivity index is 2.06. The van der Waals surface area contributed by atoms with Crippen LogP contribution in [0.4, 0.5) is 14.5 Å². The summed E-state index contributed by atoms with van der Waals surface area (Å²) in [6.45, 7) is 0.391. The van der Waals surface area contributed by atoms with E-state index in [-0.39, 0.29) is 12.2 Å². The first-order valence-electron chi connectivity index (χ1n) is 7.96. The molecule has 2 rings (SSSR count). The number of sulfone groups is 1. The number of para-hydroxylation sites is 1. The van der Waals surface area contributed by atoms with Crippen molar-refractivity contribution in [3.63, 3.8) is 0 Å². The summed E-state index contributed by atoms with van der Waals surface area (Å²) in [5, 5.41) is 2.39. The van der Waals surface area contributed by atoms with E-state index in [0.29, 0.717) is 12.3 Å². The van der Waals surface area contributed by atoms with Gasteiger partial charge in [0.05, 0.1) is 24.2 Å². The van der Waals surface area contributed by atoms with Gasteiger partial charge in [0.1, 0.15) is 5.75 Å². The number of alkyl halides is 2. The number of nitrogens with zero attached hydrogens (tertiary/aromatic N) is 1. The van der Waals surface area contributed by atoms with Gasteiger partial charge in [-0.1, -0.05) is 24.3 Å². The van der Waals surface area contributed by atoms with Crippen LogP contribution in [0.15, 0.2) is 53.4 Å². The smallest absolute Gasteiger partial charge is 0.341 e. The number of rotatable bonds is 8. The van der Waals surface area contributed by atoms with Gasteiger partial charge >= 0.3 is 5.76 Å². The maximum Gasteiger partial charge on any atom is 0.341 e. The van der Waals surface area contributed by atoms with Crippen LogP contribution in [0.25, 0.3) is 0 Å². The molecule has 6 nitrogen and oxygen atoms in total. The molecular weight excluding hydrogens is 378 g/mol. The first-order chi connectivity index (χ1) is 12.7. The van der Waals surface area contributed by atoms with Gasteiger partial charge in [-0.15, -0.1) is 0 Å². The Morgan fingerprint density at radius 3 is 2.56 bits per heavy atom. The number of amides is 1. The fraction of sp³-hybridized carbons (Fsp3) is 0.278. The predicted octanol–water partition coefficient (Wildman–Crippen LogP) is 2.76. The normalized spacial score (nSPS) is 11.6. The van der Waals surface area contributed by atoms with Crippen molar-refractivity contribution in [3.05, 3.63) is 54.1 Å². The Labute approximate surface area is 156 Å². The molecule has 2 aromatic rings. The summed E-state index contributed by atoms with van der Waals surface area (Å²) in [5.74, 6) is -3.39. The number of halogens is 2. The number of methoxy groups -OCH3 is 1. The average molecular weight is 398 g/mol. The molecule has 0 aliphatic heterocycles. The zero-order valence-electron chi connectivity index (χ0n) is 14.9. The van der Waals surface area contributed by atoms with Gasteiger partial charge in [-0.3, -0.25) is 9.69 Å². The third kappa shape index (κ3) is 5.48. The molecule has 1 N–H and O–H groups in total. The van der Waals surface area contributed by atoms with Crippen molar-refractivity contribution in [3.8, 4) is 5.75 Å². The minimum atomic E-state index is -4.81. The number of likely N-dealkylation sites (N-methyl/N-ethyl adjacent to an activating group) is 1. The number of hydrogen-bond acceptors (Lipinski definition) is 5. The lowest BCUT2D eigenvalue weighted by atomic mass is 10.2. The Hall–Kier alpha value is -2.52. The molecule has 0 saturated heterocycles. The van der Waals surface area contributed by atoms with Crippen LogP contribution in [0.5, 0.6) is 5.75 Å². The molecule has 0 unspecified atom stereocenters. The minimum Gasteiger partial charge on any atom is -0.497 e. The van der Waals surface area contributed by atoms with Crippen molar-refractivity contribution < 1.29 is 26.7 Å². The van der Waals surface area contributed by atoms with Crippen LogP contribution in [0.2, 0.25) is 0 Å². The van der Waals surface area contributed by atoms with Gasteiger partial charge in [-0.05, 0) is 36.9 Å². The predicted molar refractivity (Wildman–Crippen MR) is 97.6 cm³/mol. The molecule has 0 radical (unpaired) electrons. The summed E-state index contributed by atoms with van der Waals surface area (Å²) >= 11 is 0. The van der Waals surface area contributed by atoms with Gasteiger partial charge < -0.3 is 10.1 Å². The van der Waals surface area contributed by atoms with Crippen LogP contribution >= 0.6 is 0 Å². The van der Waals surface area contributed by atoms with E-state index in [1.807, 2.05) is 18.2 Å². The van der Waals surface area contributed by atoms with Crippen molar-refractivity contribution in [2.45, 2.75) is 17.2 Å². The summed E-state index contributed by atoms with van der Waals surface area (Å²) in [4.78, 5) is 13.3. The maximum atomic E-state index is 12.8. The number of anilines is 1. The fourth-order valence-corrected chi connectivity index (χ4v) is 3.37. The van der Waals surface area contributed by atoms with Gasteiger partial charge in [-0.25, -0.2) is 8.42 Å². The number of carbonyl (C=O) groups is 1. The molecule has 0 fully saturated rings. The third-order valence-electron chi connectivity index (χ3n) is 3.70. The molecule has 2 aromatic carbocycles. The van der Waals surface area contributed by atoms with Crippen molar-refractivity contribution in [1.82, 2.24) is 4.90 Å². The first kappa shape index (κ1) is 20.8. The highest BCUT2D eigenvalue weighted by Gasteiger charge is 2.29. The maximum absolute atomic E-state index is 12.8. The second-order valence-electron chi connectivity index (χ2n) is 5.87. The van der Waals surface area contributed by atoms with Crippen LogP contribution in [-0.2, 0) is 21.2 Å². The molecular formula is C18H20F2N2O4S. The highest BCUT2D eigenvalue weighted by Crippen LogP contribution is 2.26. The second-order valence-corrected chi connectivity index (χ2v) is 7.76. The Bertz CT molecular complexity index is 904. The van der Waals surface area contributed by atoms with Gasteiger partial charge in [0, 0.05) is 6.54 Å². The molecule has 0 saturated carbocycles. The number of hydrogen-bond donors (Lipinski definition) is 1. The van der Waals surface area contributed by atoms with Crippen LogP contribution in [0, 0.1) is 0 Å². The fourth-order valence-electron chi connectivity index (χ4n) is 2.49.